The molecule has 0 bridgehead atoms. The number of nitrogens with zero attached hydrogens (tertiary/aromatic N) is 1. The zero-order valence-corrected chi connectivity index (χ0v) is 25.7. The molecule has 1 aromatic heterocycles. The van der Waals surface area contributed by atoms with E-state index >= 15 is 0 Å². The van der Waals surface area contributed by atoms with Crippen LogP contribution in [-0.4, -0.2) is 52.4 Å². The van der Waals surface area contributed by atoms with Gasteiger partial charge in [-0.2, -0.15) is 0 Å². The summed E-state index contributed by atoms with van der Waals surface area (Å²) in [5.41, 5.74) is 2.53. The number of benzene rings is 3. The van der Waals surface area contributed by atoms with Crippen LogP contribution in [0.3, 0.4) is 0 Å². The third-order valence-corrected chi connectivity index (χ3v) is 8.01. The number of nitrogens with one attached hydrogen (secondary N) is 1. The predicted molar refractivity (Wildman–Crippen MR) is 169 cm³/mol. The fourth-order valence-electron chi connectivity index (χ4n) is 5.10. The molecule has 0 saturated heterocycles. The first-order valence-electron chi connectivity index (χ1n) is 14.2. The molecule has 10 nitrogen and oxygen atoms in total. The number of sulfonamides is 1. The normalized spacial score (nSPS) is 13.2. The first-order chi connectivity index (χ1) is 21.6. The van der Waals surface area contributed by atoms with Gasteiger partial charge in [0.25, 0.3) is 5.91 Å². The van der Waals surface area contributed by atoms with E-state index in [4.69, 9.17) is 10.2 Å². The molecule has 1 heterocycles. The van der Waals surface area contributed by atoms with Crippen LogP contribution in [0.25, 0.3) is 28.3 Å². The zero-order chi connectivity index (χ0) is 33.8. The molecule has 0 aliphatic heterocycles. The summed E-state index contributed by atoms with van der Waals surface area (Å²) < 4.78 is 53.2. The summed E-state index contributed by atoms with van der Waals surface area (Å²) in [6, 6.07) is 15.8. The molecule has 0 fully saturated rings. The van der Waals surface area contributed by atoms with Crippen molar-refractivity contribution >= 4 is 33.7 Å². The Hall–Kier alpha value is -4.69. The van der Waals surface area contributed by atoms with E-state index in [1.54, 1.807) is 4.57 Å². The number of carbonyl (C=O) groups excluding carboxylic acids is 1. The maximum Gasteiger partial charge on any atom is 0.305 e. The third kappa shape index (κ3) is 8.12. The maximum atomic E-state index is 14.1. The van der Waals surface area contributed by atoms with Crippen LogP contribution in [-0.2, 0) is 14.8 Å². The molecule has 0 aliphatic carbocycles. The number of aliphatic hydroxyl groups excluding tert-OH is 2. The van der Waals surface area contributed by atoms with Crippen LogP contribution in [0.5, 0.6) is 0 Å². The Kier molecular flexibility index (Phi) is 10.5. The monoisotopic (exact) mass is 653 g/mol. The smallest absolute Gasteiger partial charge is 0.305 e. The lowest BCUT2D eigenvalue weighted by atomic mass is 9.94. The Morgan fingerprint density at radius 2 is 1.41 bits per heavy atom. The summed E-state index contributed by atoms with van der Waals surface area (Å²) in [7, 11) is -3.97. The summed E-state index contributed by atoms with van der Waals surface area (Å²) in [6.07, 6.45) is -0.539. The van der Waals surface area contributed by atoms with Gasteiger partial charge in [-0.15, -0.1) is 0 Å². The fourth-order valence-corrected chi connectivity index (χ4v) is 5.62. The van der Waals surface area contributed by atoms with Gasteiger partial charge >= 0.3 is 5.97 Å². The Morgan fingerprint density at radius 1 is 0.891 bits per heavy atom. The van der Waals surface area contributed by atoms with Gasteiger partial charge in [-0.3, -0.25) is 9.59 Å². The molecule has 0 radical (unpaired) electrons. The Labute approximate surface area is 264 Å². The number of carbonyl (C=O) groups is 2. The van der Waals surface area contributed by atoms with Crippen molar-refractivity contribution in [3.05, 3.63) is 102 Å². The highest BCUT2D eigenvalue weighted by Gasteiger charge is 2.30. The minimum absolute atomic E-state index is 0.122. The van der Waals surface area contributed by atoms with Gasteiger partial charge in [0.15, 0.2) is 0 Å². The Morgan fingerprint density at radius 3 is 1.89 bits per heavy atom. The number of carboxylic acids is 1. The van der Waals surface area contributed by atoms with Crippen LogP contribution in [0.2, 0.25) is 0 Å². The van der Waals surface area contributed by atoms with E-state index in [0.717, 1.165) is 0 Å². The van der Waals surface area contributed by atoms with E-state index in [0.29, 0.717) is 27.9 Å². The molecule has 46 heavy (non-hydrogen) atoms. The summed E-state index contributed by atoms with van der Waals surface area (Å²) in [4.78, 5) is 25.0. The molecule has 3 aromatic carbocycles. The highest BCUT2D eigenvalue weighted by atomic mass is 32.2. The Balaban J connectivity index is 1.96. The quantitative estimate of drug-likeness (QED) is 0.140. The van der Waals surface area contributed by atoms with Crippen LogP contribution >= 0.6 is 0 Å². The molecule has 13 heteroatoms. The van der Waals surface area contributed by atoms with E-state index in [1.807, 2.05) is 13.8 Å². The predicted octanol–water partition coefficient (Wildman–Crippen LogP) is 5.18. The van der Waals surface area contributed by atoms with Crippen LogP contribution in [0.1, 0.15) is 48.9 Å². The van der Waals surface area contributed by atoms with Gasteiger partial charge in [-0.05, 0) is 79.6 Å². The molecule has 242 valence electrons. The molecule has 2 atom stereocenters. The van der Waals surface area contributed by atoms with Crippen molar-refractivity contribution in [2.45, 2.75) is 49.8 Å². The second kappa shape index (κ2) is 14.2. The lowest BCUT2D eigenvalue weighted by Gasteiger charge is -2.17. The number of hydrogen-bond donors (Lipinski definition) is 5. The second-order valence-electron chi connectivity index (χ2n) is 10.9. The van der Waals surface area contributed by atoms with E-state index < -0.39 is 58.2 Å². The lowest BCUT2D eigenvalue weighted by molar-refractivity contribution is -0.139. The van der Waals surface area contributed by atoms with Gasteiger partial charge < -0.3 is 25.2 Å². The second-order valence-corrected chi connectivity index (χ2v) is 12.5. The first kappa shape index (κ1) is 34.2. The standard InChI is InChI=1S/C33H33F2N3O7S/c1-19(2)38-28(16-13-25(39)17-26(40)18-29(41)42)30(20-3-7-22(34)8-4-20)31(21-5-9-23(35)10-6-21)32(38)33(43)37-24-11-14-27(15-12-24)46(36,44)45/h3-16,19,25-26,39-40H,17-18H2,1-2H3,(H,37,43)(H,41,42)(H2,36,44,45)/t25-,26-/m1/s1. The summed E-state index contributed by atoms with van der Waals surface area (Å²) >= 11 is 0. The highest BCUT2D eigenvalue weighted by Crippen LogP contribution is 2.43. The van der Waals surface area contributed by atoms with Gasteiger partial charge in [-0.1, -0.05) is 30.3 Å². The molecule has 0 spiro atoms. The topological polar surface area (TPSA) is 172 Å². The number of anilines is 1. The van der Waals surface area contributed by atoms with Crippen LogP contribution in [0.4, 0.5) is 14.5 Å². The first-order valence-corrected chi connectivity index (χ1v) is 15.7. The van der Waals surface area contributed by atoms with Crippen molar-refractivity contribution in [3.8, 4) is 22.3 Å². The zero-order valence-electron chi connectivity index (χ0n) is 24.9. The highest BCUT2D eigenvalue weighted by molar-refractivity contribution is 7.89. The molecule has 0 aliphatic rings. The number of primary sulfonamides is 1. The van der Waals surface area contributed by atoms with E-state index in [-0.39, 0.29) is 22.7 Å². The van der Waals surface area contributed by atoms with Crippen molar-refractivity contribution in [2.24, 2.45) is 5.14 Å². The summed E-state index contributed by atoms with van der Waals surface area (Å²) in [6.45, 7) is 3.62. The number of aliphatic hydroxyl groups is 2. The van der Waals surface area contributed by atoms with Crippen molar-refractivity contribution in [3.63, 3.8) is 0 Å². The molecule has 6 N–H and O–H groups in total. The number of hydrogen-bond acceptors (Lipinski definition) is 6. The van der Waals surface area contributed by atoms with Gasteiger partial charge in [0, 0.05) is 35.0 Å². The largest absolute Gasteiger partial charge is 0.481 e. The van der Waals surface area contributed by atoms with Crippen LogP contribution in [0, 0.1) is 11.6 Å². The SMILES string of the molecule is CC(C)n1c(C=C[C@@H](O)C[C@@H](O)CC(=O)O)c(-c2ccc(F)cc2)c(-c2ccc(F)cc2)c1C(=O)Nc1ccc(S(N)(=O)=O)cc1. The molecule has 4 aromatic rings. The average Bonchev–Trinajstić information content (AvgIpc) is 3.32. The van der Waals surface area contributed by atoms with Crippen molar-refractivity contribution in [2.75, 3.05) is 5.32 Å². The number of rotatable bonds is 12. The van der Waals surface area contributed by atoms with Gasteiger partial charge in [0.1, 0.15) is 17.3 Å². The van der Waals surface area contributed by atoms with Gasteiger partial charge in [-0.25, -0.2) is 22.3 Å². The molecule has 0 unspecified atom stereocenters. The lowest BCUT2D eigenvalue weighted by Crippen LogP contribution is -2.20. The number of carboxylic acid groups (broad SMARTS) is 1. The minimum atomic E-state index is -3.97. The number of nitrogens with two attached hydrogens (primary N) is 1. The summed E-state index contributed by atoms with van der Waals surface area (Å²) in [5.74, 6) is -2.86. The molecular formula is C33H33F2N3O7S. The Bertz CT molecular complexity index is 1850. The number of halogens is 2. The third-order valence-electron chi connectivity index (χ3n) is 7.08. The van der Waals surface area contributed by atoms with Crippen molar-refractivity contribution in [1.29, 1.82) is 0 Å². The molecule has 1 amide bonds. The van der Waals surface area contributed by atoms with Crippen molar-refractivity contribution < 1.29 is 42.1 Å². The summed E-state index contributed by atoms with van der Waals surface area (Å²) in [5, 5.41) is 37.6. The number of aromatic nitrogens is 1. The van der Waals surface area contributed by atoms with Gasteiger partial charge in [0.2, 0.25) is 10.0 Å². The minimum Gasteiger partial charge on any atom is -0.481 e. The molecule has 0 saturated carbocycles. The average molecular weight is 654 g/mol. The van der Waals surface area contributed by atoms with E-state index in [1.165, 1.54) is 84.9 Å². The molecular weight excluding hydrogens is 620 g/mol. The number of aliphatic carboxylic acids is 1. The maximum absolute atomic E-state index is 14.1. The van der Waals surface area contributed by atoms with E-state index in [2.05, 4.69) is 5.32 Å². The molecule has 4 rings (SSSR count). The van der Waals surface area contributed by atoms with E-state index in [9.17, 15) is 37.0 Å². The fraction of sp³-hybridized carbons (Fsp3) is 0.212. The number of amides is 1. The van der Waals surface area contributed by atoms with Crippen LogP contribution < -0.4 is 10.5 Å². The van der Waals surface area contributed by atoms with Gasteiger partial charge in [0.05, 0.1) is 23.5 Å². The van der Waals surface area contributed by atoms with Crippen molar-refractivity contribution in [1.82, 2.24) is 4.57 Å². The van der Waals surface area contributed by atoms with Crippen LogP contribution in [0.15, 0.2) is 83.8 Å².